The molecule has 2 heterocycles. The molecule has 1 aromatic carbocycles. The molecule has 1 aromatic rings. The van der Waals surface area contributed by atoms with E-state index in [0.717, 1.165) is 38.3 Å². The van der Waals surface area contributed by atoms with Gasteiger partial charge in [-0.3, -0.25) is 0 Å². The lowest BCUT2D eigenvalue weighted by atomic mass is 9.94. The van der Waals surface area contributed by atoms with Crippen molar-refractivity contribution in [3.8, 4) is 5.75 Å². The number of hydrogen-bond acceptors (Lipinski definition) is 3. The summed E-state index contributed by atoms with van der Waals surface area (Å²) >= 11 is 0. The molecule has 19 heavy (non-hydrogen) atoms. The molecule has 2 atom stereocenters. The van der Waals surface area contributed by atoms with Crippen LogP contribution in [0.4, 0.5) is 0 Å². The summed E-state index contributed by atoms with van der Waals surface area (Å²) in [6.07, 6.45) is 3.61. The lowest BCUT2D eigenvalue weighted by molar-refractivity contribution is 0.0245. The van der Waals surface area contributed by atoms with Gasteiger partial charge in [-0.25, -0.2) is 0 Å². The van der Waals surface area contributed by atoms with Crippen molar-refractivity contribution in [1.29, 1.82) is 0 Å². The van der Waals surface area contributed by atoms with E-state index in [-0.39, 0.29) is 11.6 Å². The van der Waals surface area contributed by atoms with E-state index in [0.29, 0.717) is 0 Å². The van der Waals surface area contributed by atoms with E-state index < -0.39 is 0 Å². The second-order valence-corrected chi connectivity index (χ2v) is 6.15. The molecule has 0 spiro atoms. The summed E-state index contributed by atoms with van der Waals surface area (Å²) in [5, 5.41) is 3.64. The van der Waals surface area contributed by atoms with E-state index in [4.69, 9.17) is 9.47 Å². The fraction of sp³-hybridized carbons (Fsp3) is 0.625. The second kappa shape index (κ2) is 5.14. The number of fused-ring (bicyclic) bond motifs is 1. The molecule has 3 nitrogen and oxygen atoms in total. The Morgan fingerprint density at radius 1 is 1.42 bits per heavy atom. The Hall–Kier alpha value is -1.06. The fourth-order valence-corrected chi connectivity index (χ4v) is 3.00. The van der Waals surface area contributed by atoms with Gasteiger partial charge in [-0.1, -0.05) is 17.7 Å². The largest absolute Gasteiger partial charge is 0.488 e. The molecule has 0 amide bonds. The summed E-state index contributed by atoms with van der Waals surface area (Å²) in [5.74, 6) is 1.06. The van der Waals surface area contributed by atoms with Crippen molar-refractivity contribution < 1.29 is 9.47 Å². The number of hydrogen-bond donors (Lipinski definition) is 1. The number of rotatable bonds is 3. The maximum Gasteiger partial charge on any atom is 0.123 e. The zero-order valence-corrected chi connectivity index (χ0v) is 11.9. The highest BCUT2D eigenvalue weighted by atomic mass is 16.5. The minimum absolute atomic E-state index is 0.117. The third-order valence-electron chi connectivity index (χ3n) is 4.15. The average Bonchev–Trinajstić information content (AvgIpc) is 2.79. The lowest BCUT2D eigenvalue weighted by Gasteiger charge is -2.35. The Morgan fingerprint density at radius 2 is 2.32 bits per heavy atom. The third-order valence-corrected chi connectivity index (χ3v) is 4.15. The maximum atomic E-state index is 5.99. The summed E-state index contributed by atoms with van der Waals surface area (Å²) < 4.78 is 11.6. The number of benzene rings is 1. The zero-order valence-electron chi connectivity index (χ0n) is 11.9. The summed E-state index contributed by atoms with van der Waals surface area (Å²) in [6.45, 7) is 6.99. The van der Waals surface area contributed by atoms with Gasteiger partial charge in [0, 0.05) is 25.1 Å². The van der Waals surface area contributed by atoms with Crippen molar-refractivity contribution in [2.45, 2.75) is 44.8 Å². The van der Waals surface area contributed by atoms with Gasteiger partial charge in [0.25, 0.3) is 0 Å². The molecule has 1 N–H and O–H groups in total. The molecule has 0 aliphatic carbocycles. The lowest BCUT2D eigenvalue weighted by Crippen LogP contribution is -2.51. The van der Waals surface area contributed by atoms with E-state index in [9.17, 15) is 0 Å². The van der Waals surface area contributed by atoms with Gasteiger partial charge >= 0.3 is 0 Å². The molecule has 2 aliphatic heterocycles. The van der Waals surface area contributed by atoms with Crippen LogP contribution >= 0.6 is 0 Å². The molecule has 2 aliphatic rings. The Labute approximate surface area is 115 Å². The molecule has 0 radical (unpaired) electrons. The van der Waals surface area contributed by atoms with Gasteiger partial charge in [0.1, 0.15) is 11.9 Å². The number of ether oxygens (including phenoxy) is 2. The molecule has 104 valence electrons. The summed E-state index contributed by atoms with van der Waals surface area (Å²) in [4.78, 5) is 0. The third kappa shape index (κ3) is 2.93. The summed E-state index contributed by atoms with van der Waals surface area (Å²) in [7, 11) is 0. The van der Waals surface area contributed by atoms with Crippen molar-refractivity contribution >= 4 is 0 Å². The van der Waals surface area contributed by atoms with Gasteiger partial charge in [0.2, 0.25) is 0 Å². The first-order chi connectivity index (χ1) is 9.15. The second-order valence-electron chi connectivity index (χ2n) is 6.15. The minimum Gasteiger partial charge on any atom is -0.488 e. The van der Waals surface area contributed by atoms with Crippen molar-refractivity contribution in [3.05, 3.63) is 29.3 Å². The van der Waals surface area contributed by atoms with Crippen LogP contribution in [-0.2, 0) is 11.2 Å². The molecular weight excluding hydrogens is 238 g/mol. The van der Waals surface area contributed by atoms with Gasteiger partial charge in [-0.15, -0.1) is 0 Å². The summed E-state index contributed by atoms with van der Waals surface area (Å²) in [5.41, 5.74) is 2.77. The average molecular weight is 261 g/mol. The SMILES string of the molecule is Cc1ccc2c(c1)CC(CNC1(C)CCCOC1)O2. The Morgan fingerprint density at radius 3 is 3.11 bits per heavy atom. The van der Waals surface area contributed by atoms with Crippen molar-refractivity contribution in [3.63, 3.8) is 0 Å². The fourth-order valence-electron chi connectivity index (χ4n) is 3.00. The predicted molar refractivity (Wildman–Crippen MR) is 75.8 cm³/mol. The van der Waals surface area contributed by atoms with Gasteiger partial charge in [-0.05, 0) is 38.3 Å². The van der Waals surface area contributed by atoms with Crippen LogP contribution in [0.15, 0.2) is 18.2 Å². The Kier molecular flexibility index (Phi) is 3.50. The predicted octanol–water partition coefficient (Wildman–Crippen LogP) is 2.46. The van der Waals surface area contributed by atoms with Crippen LogP contribution in [0.5, 0.6) is 5.75 Å². The smallest absolute Gasteiger partial charge is 0.123 e. The first kappa shape index (κ1) is 12.9. The van der Waals surface area contributed by atoms with E-state index in [1.165, 1.54) is 17.5 Å². The monoisotopic (exact) mass is 261 g/mol. The molecular formula is C16H23NO2. The van der Waals surface area contributed by atoms with Crippen molar-refractivity contribution in [2.75, 3.05) is 19.8 Å². The Balaban J connectivity index is 1.55. The minimum atomic E-state index is 0.117. The van der Waals surface area contributed by atoms with E-state index in [1.54, 1.807) is 0 Å². The summed E-state index contributed by atoms with van der Waals surface area (Å²) in [6, 6.07) is 6.45. The van der Waals surface area contributed by atoms with Crippen molar-refractivity contribution in [2.24, 2.45) is 0 Å². The standard InChI is InChI=1S/C16H23NO2/c1-12-4-5-15-13(8-12)9-14(19-15)10-17-16(2)6-3-7-18-11-16/h4-5,8,14,17H,3,6-7,9-11H2,1-2H3. The van der Waals surface area contributed by atoms with Gasteiger partial charge in [-0.2, -0.15) is 0 Å². The van der Waals surface area contributed by atoms with Crippen LogP contribution in [0.3, 0.4) is 0 Å². The normalized spacial score (nSPS) is 29.9. The van der Waals surface area contributed by atoms with Gasteiger partial charge in [0.05, 0.1) is 6.61 Å². The first-order valence-electron chi connectivity index (χ1n) is 7.24. The number of nitrogens with one attached hydrogen (secondary N) is 1. The number of aryl methyl sites for hydroxylation is 1. The molecule has 0 aromatic heterocycles. The van der Waals surface area contributed by atoms with E-state index in [1.807, 2.05) is 0 Å². The van der Waals surface area contributed by atoms with Crippen LogP contribution in [-0.4, -0.2) is 31.4 Å². The van der Waals surface area contributed by atoms with Crippen LogP contribution < -0.4 is 10.1 Å². The quantitative estimate of drug-likeness (QED) is 0.906. The molecule has 0 bridgehead atoms. The van der Waals surface area contributed by atoms with Crippen LogP contribution in [0.25, 0.3) is 0 Å². The molecule has 3 rings (SSSR count). The van der Waals surface area contributed by atoms with Crippen LogP contribution in [0, 0.1) is 6.92 Å². The maximum absolute atomic E-state index is 5.99. The molecule has 1 fully saturated rings. The van der Waals surface area contributed by atoms with Crippen LogP contribution in [0.2, 0.25) is 0 Å². The first-order valence-corrected chi connectivity index (χ1v) is 7.24. The Bertz CT molecular complexity index is 452. The van der Waals surface area contributed by atoms with Crippen LogP contribution in [0.1, 0.15) is 30.9 Å². The molecule has 1 saturated heterocycles. The highest BCUT2D eigenvalue weighted by Crippen LogP contribution is 2.29. The topological polar surface area (TPSA) is 30.5 Å². The van der Waals surface area contributed by atoms with Gasteiger partial charge < -0.3 is 14.8 Å². The molecule has 3 heteroatoms. The molecule has 2 unspecified atom stereocenters. The highest BCUT2D eigenvalue weighted by Gasteiger charge is 2.30. The molecule has 0 saturated carbocycles. The van der Waals surface area contributed by atoms with E-state index in [2.05, 4.69) is 37.4 Å². The highest BCUT2D eigenvalue weighted by molar-refractivity contribution is 5.40. The van der Waals surface area contributed by atoms with Gasteiger partial charge in [0.15, 0.2) is 0 Å². The van der Waals surface area contributed by atoms with Crippen molar-refractivity contribution in [1.82, 2.24) is 5.32 Å². The van der Waals surface area contributed by atoms with E-state index >= 15 is 0 Å². The zero-order chi connectivity index (χ0) is 13.3.